The van der Waals surface area contributed by atoms with Crippen LogP contribution in [0.5, 0.6) is 0 Å². The summed E-state index contributed by atoms with van der Waals surface area (Å²) in [6, 6.07) is 13.3. The predicted octanol–water partition coefficient (Wildman–Crippen LogP) is 2.35. The van der Waals surface area contributed by atoms with Gasteiger partial charge in [0.25, 0.3) is 17.7 Å². The van der Waals surface area contributed by atoms with Crippen molar-refractivity contribution in [2.45, 2.75) is 19.4 Å². The Labute approximate surface area is 180 Å². The molecule has 0 saturated heterocycles. The van der Waals surface area contributed by atoms with Crippen molar-refractivity contribution >= 4 is 23.7 Å². The zero-order valence-corrected chi connectivity index (χ0v) is 17.4. The molecule has 1 aliphatic rings. The summed E-state index contributed by atoms with van der Waals surface area (Å²) < 4.78 is 10.0. The maximum absolute atomic E-state index is 12.5. The number of rotatable bonds is 9. The molecule has 3 rings (SSSR count). The van der Waals surface area contributed by atoms with E-state index in [1.807, 2.05) is 37.3 Å². The molecule has 2 aromatic rings. The molecule has 1 heterocycles. The lowest BCUT2D eigenvalue weighted by molar-refractivity contribution is -0.124. The van der Waals surface area contributed by atoms with Crippen molar-refractivity contribution in [3.63, 3.8) is 0 Å². The van der Waals surface area contributed by atoms with Gasteiger partial charge in [0.15, 0.2) is 6.61 Å². The van der Waals surface area contributed by atoms with Crippen molar-refractivity contribution in [1.29, 1.82) is 0 Å². The number of amides is 3. The third kappa shape index (κ3) is 5.16. The van der Waals surface area contributed by atoms with Gasteiger partial charge in [0.05, 0.1) is 22.7 Å². The van der Waals surface area contributed by atoms with Crippen LogP contribution in [0.4, 0.5) is 0 Å². The quantitative estimate of drug-likeness (QED) is 0.377. The summed E-state index contributed by atoms with van der Waals surface area (Å²) in [6.45, 7) is 2.04. The lowest BCUT2D eigenvalue weighted by atomic mass is 10.1. The molecule has 0 saturated carbocycles. The van der Waals surface area contributed by atoms with Crippen molar-refractivity contribution < 1.29 is 28.7 Å². The Balaban J connectivity index is 1.58. The maximum Gasteiger partial charge on any atom is 0.338 e. The molecule has 1 aliphatic heterocycles. The number of nitrogens with zero attached hydrogens (tertiary/aromatic N) is 1. The fraction of sp³-hybridized carbons (Fsp3) is 0.304. The van der Waals surface area contributed by atoms with Gasteiger partial charge >= 0.3 is 5.97 Å². The van der Waals surface area contributed by atoms with Gasteiger partial charge in [-0.1, -0.05) is 30.3 Å². The summed E-state index contributed by atoms with van der Waals surface area (Å²) in [6.07, 6.45) is 0.521. The second kappa shape index (κ2) is 9.99. The number of carbonyl (C=O) groups is 4. The van der Waals surface area contributed by atoms with Crippen molar-refractivity contribution in [3.8, 4) is 0 Å². The third-order valence-corrected chi connectivity index (χ3v) is 4.95. The van der Waals surface area contributed by atoms with Crippen LogP contribution in [0.15, 0.2) is 48.5 Å². The monoisotopic (exact) mass is 424 g/mol. The van der Waals surface area contributed by atoms with E-state index >= 15 is 0 Å². The van der Waals surface area contributed by atoms with Crippen molar-refractivity contribution in [3.05, 3.63) is 70.8 Å². The molecule has 0 bridgehead atoms. The summed E-state index contributed by atoms with van der Waals surface area (Å²) in [5.41, 5.74) is 1.42. The van der Waals surface area contributed by atoms with E-state index in [1.54, 1.807) is 7.11 Å². The van der Waals surface area contributed by atoms with Crippen LogP contribution in [0, 0.1) is 0 Å². The summed E-state index contributed by atoms with van der Waals surface area (Å²) in [5.74, 6) is -2.05. The fourth-order valence-electron chi connectivity index (χ4n) is 3.31. The van der Waals surface area contributed by atoms with Gasteiger partial charge in [-0.05, 0) is 37.1 Å². The van der Waals surface area contributed by atoms with E-state index in [0.717, 1.165) is 10.5 Å². The minimum Gasteiger partial charge on any atom is -0.452 e. The number of methoxy groups -OCH3 is 1. The van der Waals surface area contributed by atoms with Gasteiger partial charge in [-0.15, -0.1) is 0 Å². The van der Waals surface area contributed by atoms with Gasteiger partial charge in [0, 0.05) is 20.3 Å². The molecule has 2 aromatic carbocycles. The molecule has 0 aromatic heterocycles. The Morgan fingerprint density at radius 1 is 1.03 bits per heavy atom. The van der Waals surface area contributed by atoms with Gasteiger partial charge in [0.2, 0.25) is 0 Å². The van der Waals surface area contributed by atoms with E-state index in [0.29, 0.717) is 13.0 Å². The molecule has 31 heavy (non-hydrogen) atoms. The molecule has 0 spiro atoms. The van der Waals surface area contributed by atoms with Crippen LogP contribution >= 0.6 is 0 Å². The van der Waals surface area contributed by atoms with E-state index in [4.69, 9.17) is 9.47 Å². The Morgan fingerprint density at radius 3 is 2.45 bits per heavy atom. The maximum atomic E-state index is 12.5. The molecule has 0 fully saturated rings. The van der Waals surface area contributed by atoms with Crippen LogP contribution in [0.2, 0.25) is 0 Å². The molecule has 1 atom stereocenters. The Kier molecular flexibility index (Phi) is 7.15. The molecule has 162 valence electrons. The number of hydrogen-bond donors (Lipinski definition) is 1. The number of hydrogen-bond acceptors (Lipinski definition) is 6. The van der Waals surface area contributed by atoms with Crippen molar-refractivity contribution in [2.75, 3.05) is 26.9 Å². The second-order valence-corrected chi connectivity index (χ2v) is 7.14. The van der Waals surface area contributed by atoms with Crippen molar-refractivity contribution in [1.82, 2.24) is 10.2 Å². The predicted molar refractivity (Wildman–Crippen MR) is 112 cm³/mol. The summed E-state index contributed by atoms with van der Waals surface area (Å²) in [7, 11) is 1.54. The van der Waals surface area contributed by atoms with E-state index in [2.05, 4.69) is 5.32 Å². The summed E-state index contributed by atoms with van der Waals surface area (Å²) in [4.78, 5) is 50.6. The second-order valence-electron chi connectivity index (χ2n) is 7.14. The number of ether oxygens (including phenoxy) is 2. The van der Waals surface area contributed by atoms with Crippen LogP contribution in [0.1, 0.15) is 56.0 Å². The first-order chi connectivity index (χ1) is 14.9. The zero-order valence-electron chi connectivity index (χ0n) is 17.4. The molecule has 8 heteroatoms. The Morgan fingerprint density at radius 2 is 1.74 bits per heavy atom. The summed E-state index contributed by atoms with van der Waals surface area (Å²) in [5, 5.41) is 2.76. The minimum absolute atomic E-state index is 0.0996. The Hall–Kier alpha value is -3.52. The highest BCUT2D eigenvalue weighted by atomic mass is 16.5. The number of benzene rings is 2. The van der Waals surface area contributed by atoms with Gasteiger partial charge in [0.1, 0.15) is 0 Å². The molecule has 0 aliphatic carbocycles. The highest BCUT2D eigenvalue weighted by Gasteiger charge is 2.35. The van der Waals surface area contributed by atoms with E-state index in [-0.39, 0.29) is 29.3 Å². The van der Waals surface area contributed by atoms with Gasteiger partial charge in [-0.2, -0.15) is 0 Å². The smallest absolute Gasteiger partial charge is 0.338 e. The number of esters is 1. The highest BCUT2D eigenvalue weighted by Crippen LogP contribution is 2.24. The number of nitrogens with one attached hydrogen (secondary N) is 1. The highest BCUT2D eigenvalue weighted by molar-refractivity contribution is 6.22. The first kappa shape index (κ1) is 22.2. The largest absolute Gasteiger partial charge is 0.452 e. The SMILES string of the molecule is COCCCN1C(=O)c2ccc(C(=O)OCC(=O)N[C@H](C)c3ccccc3)cc2C1=O. The van der Waals surface area contributed by atoms with E-state index in [9.17, 15) is 19.2 Å². The van der Waals surface area contributed by atoms with E-state index < -0.39 is 30.3 Å². The molecule has 1 N–H and O–H groups in total. The average molecular weight is 424 g/mol. The van der Waals surface area contributed by atoms with Crippen molar-refractivity contribution in [2.24, 2.45) is 0 Å². The topological polar surface area (TPSA) is 102 Å². The van der Waals surface area contributed by atoms with Crippen LogP contribution < -0.4 is 5.32 Å². The first-order valence-corrected chi connectivity index (χ1v) is 9.93. The lowest BCUT2D eigenvalue weighted by Gasteiger charge is -2.14. The van der Waals surface area contributed by atoms with Crippen LogP contribution in [0.3, 0.4) is 0 Å². The normalized spacial score (nSPS) is 13.7. The Bertz CT molecular complexity index is 989. The minimum atomic E-state index is -0.747. The van der Waals surface area contributed by atoms with Crippen LogP contribution in [0.25, 0.3) is 0 Å². The molecule has 8 nitrogen and oxygen atoms in total. The first-order valence-electron chi connectivity index (χ1n) is 9.93. The number of imide groups is 1. The zero-order chi connectivity index (χ0) is 22.4. The molecule has 0 unspecified atom stereocenters. The molecule has 0 radical (unpaired) electrons. The van der Waals surface area contributed by atoms with Gasteiger partial charge < -0.3 is 14.8 Å². The molecular formula is C23H24N2O6. The third-order valence-electron chi connectivity index (χ3n) is 4.95. The summed E-state index contributed by atoms with van der Waals surface area (Å²) >= 11 is 0. The fourth-order valence-corrected chi connectivity index (χ4v) is 3.31. The average Bonchev–Trinajstić information content (AvgIpc) is 3.02. The number of carbonyl (C=O) groups excluding carboxylic acids is 4. The number of fused-ring (bicyclic) bond motifs is 1. The van der Waals surface area contributed by atoms with Gasteiger partial charge in [-0.3, -0.25) is 19.3 Å². The van der Waals surface area contributed by atoms with Gasteiger partial charge in [-0.25, -0.2) is 4.79 Å². The van der Waals surface area contributed by atoms with E-state index in [1.165, 1.54) is 18.2 Å². The molecule has 3 amide bonds. The van der Waals surface area contributed by atoms with Crippen LogP contribution in [-0.4, -0.2) is 55.5 Å². The molecular weight excluding hydrogens is 400 g/mol. The van der Waals surface area contributed by atoms with Crippen LogP contribution in [-0.2, 0) is 14.3 Å². The standard InChI is InChI=1S/C23H24N2O6/c1-15(16-7-4-3-5-8-16)24-20(26)14-31-23(29)17-9-10-18-19(13-17)22(28)25(21(18)27)11-6-12-30-2/h3-5,7-10,13,15H,6,11-12,14H2,1-2H3,(H,24,26)/t15-/m1/s1. The lowest BCUT2D eigenvalue weighted by Crippen LogP contribution is -2.31.